The van der Waals surface area contributed by atoms with Crippen LogP contribution in [0.3, 0.4) is 0 Å². The van der Waals surface area contributed by atoms with Gasteiger partial charge in [0.1, 0.15) is 5.75 Å². The minimum Gasteiger partial charge on any atom is -0.491 e. The van der Waals surface area contributed by atoms with Crippen molar-refractivity contribution in [1.29, 1.82) is 0 Å². The predicted octanol–water partition coefficient (Wildman–Crippen LogP) is 1.04. The smallest absolute Gasteiger partial charge is 0.240 e. The molecule has 17 heavy (non-hydrogen) atoms. The number of fused-ring (bicyclic) bond motifs is 1. The fraction of sp³-hybridized carbons (Fsp3) is 0.364. The van der Waals surface area contributed by atoms with Gasteiger partial charge in [0.15, 0.2) is 11.6 Å². The molecule has 0 aromatic heterocycles. The maximum absolute atomic E-state index is 13.2. The summed E-state index contributed by atoms with van der Waals surface area (Å²) in [5.74, 6) is -2.18. The number of nitrogens with two attached hydrogens (primary N) is 1. The Kier molecular flexibility index (Phi) is 3.23. The van der Waals surface area contributed by atoms with Gasteiger partial charge in [0.2, 0.25) is 5.91 Å². The summed E-state index contributed by atoms with van der Waals surface area (Å²) in [7, 11) is 0. The molecule has 0 fully saturated rings. The van der Waals surface area contributed by atoms with Crippen LogP contribution in [0.1, 0.15) is 6.42 Å². The minimum atomic E-state index is -1.01. The fourth-order valence-electron chi connectivity index (χ4n) is 1.74. The van der Waals surface area contributed by atoms with Crippen molar-refractivity contribution in [1.82, 2.24) is 0 Å². The number of carbonyl (C=O) groups excluding carboxylic acids is 1. The third-order valence-corrected chi connectivity index (χ3v) is 2.55. The van der Waals surface area contributed by atoms with Crippen molar-refractivity contribution in [3.8, 4) is 5.75 Å². The lowest BCUT2D eigenvalue weighted by atomic mass is 10.2. The van der Waals surface area contributed by atoms with Crippen LogP contribution < -0.4 is 15.4 Å². The zero-order valence-corrected chi connectivity index (χ0v) is 9.08. The molecule has 0 aliphatic carbocycles. The predicted molar refractivity (Wildman–Crippen MR) is 57.9 cm³/mol. The van der Waals surface area contributed by atoms with Gasteiger partial charge in [-0.1, -0.05) is 0 Å². The number of halogens is 2. The molecule has 1 heterocycles. The summed E-state index contributed by atoms with van der Waals surface area (Å²) in [6.45, 7) is 0.555. The first-order valence-corrected chi connectivity index (χ1v) is 5.25. The highest BCUT2D eigenvalue weighted by atomic mass is 19.2. The highest BCUT2D eigenvalue weighted by molar-refractivity contribution is 5.96. The van der Waals surface area contributed by atoms with E-state index in [-0.39, 0.29) is 23.9 Å². The first kappa shape index (κ1) is 11.8. The van der Waals surface area contributed by atoms with E-state index in [0.29, 0.717) is 19.6 Å². The lowest BCUT2D eigenvalue weighted by Gasteiger charge is -2.21. The zero-order valence-electron chi connectivity index (χ0n) is 9.08. The van der Waals surface area contributed by atoms with Crippen LogP contribution in [0, 0.1) is 11.6 Å². The summed E-state index contributed by atoms with van der Waals surface area (Å²) in [4.78, 5) is 12.9. The largest absolute Gasteiger partial charge is 0.491 e. The number of benzene rings is 1. The molecular weight excluding hydrogens is 230 g/mol. The van der Waals surface area contributed by atoms with Gasteiger partial charge >= 0.3 is 0 Å². The van der Waals surface area contributed by atoms with E-state index in [9.17, 15) is 13.6 Å². The lowest BCUT2D eigenvalue weighted by Crippen LogP contribution is -2.36. The summed E-state index contributed by atoms with van der Waals surface area (Å²) in [6.07, 6.45) is 0.587. The summed E-state index contributed by atoms with van der Waals surface area (Å²) in [6, 6.07) is 1.91. The molecule has 1 amide bonds. The van der Waals surface area contributed by atoms with Crippen LogP contribution in [0.4, 0.5) is 14.5 Å². The van der Waals surface area contributed by atoms with Gasteiger partial charge in [-0.25, -0.2) is 8.78 Å². The van der Waals surface area contributed by atoms with Crippen molar-refractivity contribution >= 4 is 11.6 Å². The Bertz CT molecular complexity index is 451. The molecule has 6 heteroatoms. The number of rotatable bonds is 1. The van der Waals surface area contributed by atoms with E-state index in [4.69, 9.17) is 10.5 Å². The average molecular weight is 242 g/mol. The number of carbonyl (C=O) groups is 1. The molecule has 1 aliphatic rings. The van der Waals surface area contributed by atoms with E-state index in [0.717, 1.165) is 12.1 Å². The van der Waals surface area contributed by atoms with Gasteiger partial charge in [0.05, 0.1) is 18.8 Å². The van der Waals surface area contributed by atoms with Crippen LogP contribution in [-0.2, 0) is 4.79 Å². The third kappa shape index (κ3) is 2.21. The van der Waals surface area contributed by atoms with Gasteiger partial charge in [0.25, 0.3) is 0 Å². The molecule has 0 unspecified atom stereocenters. The summed E-state index contributed by atoms with van der Waals surface area (Å²) < 4.78 is 31.5. The van der Waals surface area contributed by atoms with Gasteiger partial charge in [-0.15, -0.1) is 0 Å². The highest BCUT2D eigenvalue weighted by Gasteiger charge is 2.23. The molecule has 1 aliphatic heterocycles. The Morgan fingerprint density at radius 3 is 2.82 bits per heavy atom. The van der Waals surface area contributed by atoms with Crippen molar-refractivity contribution in [3.05, 3.63) is 23.8 Å². The van der Waals surface area contributed by atoms with Crippen molar-refractivity contribution in [2.45, 2.75) is 6.42 Å². The normalized spacial score (nSPS) is 14.9. The number of hydrogen-bond acceptors (Lipinski definition) is 3. The molecule has 92 valence electrons. The van der Waals surface area contributed by atoms with Gasteiger partial charge < -0.3 is 15.4 Å². The number of nitrogens with zero attached hydrogens (tertiary/aromatic N) is 1. The highest BCUT2D eigenvalue weighted by Crippen LogP contribution is 2.33. The van der Waals surface area contributed by atoms with Crippen LogP contribution >= 0.6 is 0 Å². The fourth-order valence-corrected chi connectivity index (χ4v) is 1.74. The van der Waals surface area contributed by atoms with Crippen LogP contribution in [-0.4, -0.2) is 25.6 Å². The third-order valence-electron chi connectivity index (χ3n) is 2.55. The molecule has 1 aromatic carbocycles. The second-order valence-corrected chi connectivity index (χ2v) is 3.69. The van der Waals surface area contributed by atoms with Gasteiger partial charge in [-0.3, -0.25) is 4.79 Å². The number of amides is 1. The molecule has 0 saturated carbocycles. The molecule has 0 bridgehead atoms. The maximum Gasteiger partial charge on any atom is 0.240 e. The molecule has 4 nitrogen and oxygen atoms in total. The van der Waals surface area contributed by atoms with Crippen LogP contribution in [0.5, 0.6) is 5.75 Å². The van der Waals surface area contributed by atoms with E-state index in [1.165, 1.54) is 4.90 Å². The Balaban J connectivity index is 2.47. The molecule has 0 saturated heterocycles. The van der Waals surface area contributed by atoms with E-state index >= 15 is 0 Å². The molecule has 0 atom stereocenters. The number of anilines is 1. The Morgan fingerprint density at radius 2 is 2.12 bits per heavy atom. The SMILES string of the molecule is NCC(=O)N1CCCOc2cc(F)c(F)cc21. The first-order valence-electron chi connectivity index (χ1n) is 5.25. The van der Waals surface area contributed by atoms with Gasteiger partial charge in [-0.2, -0.15) is 0 Å². The number of ether oxygens (including phenoxy) is 1. The Hall–Kier alpha value is -1.69. The maximum atomic E-state index is 13.2. The van der Waals surface area contributed by atoms with Crippen molar-refractivity contribution in [2.24, 2.45) is 5.73 Å². The van der Waals surface area contributed by atoms with E-state index < -0.39 is 11.6 Å². The Labute approximate surface area is 97.0 Å². The standard InChI is InChI=1S/C11H12F2N2O2/c12-7-4-9-10(5-8(7)13)17-3-1-2-15(9)11(16)6-14/h4-5H,1-3,6,14H2. The van der Waals surface area contributed by atoms with Crippen molar-refractivity contribution in [3.63, 3.8) is 0 Å². The van der Waals surface area contributed by atoms with Crippen molar-refractivity contribution in [2.75, 3.05) is 24.6 Å². The molecule has 0 spiro atoms. The second kappa shape index (κ2) is 4.67. The van der Waals surface area contributed by atoms with E-state index in [2.05, 4.69) is 0 Å². The summed E-state index contributed by atoms with van der Waals surface area (Å²) in [5.41, 5.74) is 5.51. The summed E-state index contributed by atoms with van der Waals surface area (Å²) >= 11 is 0. The van der Waals surface area contributed by atoms with Crippen LogP contribution in [0.2, 0.25) is 0 Å². The van der Waals surface area contributed by atoms with E-state index in [1.54, 1.807) is 0 Å². The quantitative estimate of drug-likeness (QED) is 0.800. The monoisotopic (exact) mass is 242 g/mol. The molecule has 1 aromatic rings. The Morgan fingerprint density at radius 1 is 1.41 bits per heavy atom. The topological polar surface area (TPSA) is 55.6 Å². The minimum absolute atomic E-state index is 0.170. The molecule has 0 radical (unpaired) electrons. The second-order valence-electron chi connectivity index (χ2n) is 3.69. The molecular formula is C11H12F2N2O2. The van der Waals surface area contributed by atoms with E-state index in [1.807, 2.05) is 0 Å². The van der Waals surface area contributed by atoms with Gasteiger partial charge in [0, 0.05) is 18.7 Å². The average Bonchev–Trinajstić information content (AvgIpc) is 2.51. The first-order chi connectivity index (χ1) is 8.13. The van der Waals surface area contributed by atoms with Crippen LogP contribution in [0.25, 0.3) is 0 Å². The van der Waals surface area contributed by atoms with Crippen LogP contribution in [0.15, 0.2) is 12.1 Å². The molecule has 2 rings (SSSR count). The van der Waals surface area contributed by atoms with Crippen molar-refractivity contribution < 1.29 is 18.3 Å². The van der Waals surface area contributed by atoms with Gasteiger partial charge in [-0.05, 0) is 6.42 Å². The molecule has 2 N–H and O–H groups in total. The zero-order chi connectivity index (χ0) is 12.4. The lowest BCUT2D eigenvalue weighted by molar-refractivity contribution is -0.117. The number of hydrogen-bond donors (Lipinski definition) is 1. The summed E-state index contributed by atoms with van der Waals surface area (Å²) in [5, 5.41) is 0.